The summed E-state index contributed by atoms with van der Waals surface area (Å²) in [6, 6.07) is 6.38. The third kappa shape index (κ3) is 4.83. The molecule has 0 bridgehead atoms. The second-order valence-corrected chi connectivity index (χ2v) is 8.85. The highest BCUT2D eigenvalue weighted by molar-refractivity contribution is 7.89. The van der Waals surface area contributed by atoms with E-state index in [1.165, 1.54) is 6.33 Å². The quantitative estimate of drug-likeness (QED) is 0.696. The van der Waals surface area contributed by atoms with Gasteiger partial charge in [-0.3, -0.25) is 4.68 Å². The number of benzene rings is 1. The summed E-state index contributed by atoms with van der Waals surface area (Å²) in [6.07, 6.45) is 5.30. The van der Waals surface area contributed by atoms with Crippen molar-refractivity contribution in [3.63, 3.8) is 0 Å². The molecule has 2 aromatic rings. The minimum absolute atomic E-state index is 0. The van der Waals surface area contributed by atoms with Crippen LogP contribution in [0.15, 0.2) is 35.5 Å². The number of sulfonamides is 1. The molecule has 2 atom stereocenters. The summed E-state index contributed by atoms with van der Waals surface area (Å²) in [5.41, 5.74) is 5.40. The van der Waals surface area contributed by atoms with Gasteiger partial charge in [-0.1, -0.05) is 19.8 Å². The van der Waals surface area contributed by atoms with E-state index in [0.717, 1.165) is 25.7 Å². The first-order valence-corrected chi connectivity index (χ1v) is 10.6. The van der Waals surface area contributed by atoms with E-state index in [-0.39, 0.29) is 29.8 Å². The van der Waals surface area contributed by atoms with Crippen molar-refractivity contribution in [3.8, 4) is 5.75 Å². The van der Waals surface area contributed by atoms with Gasteiger partial charge in [0.1, 0.15) is 18.7 Å². The van der Waals surface area contributed by atoms with Gasteiger partial charge in [0, 0.05) is 19.1 Å². The number of aryl methyl sites for hydroxylation is 1. The molecular formula is C18H28ClN5O3S. The number of hydrogen-bond acceptors (Lipinski definition) is 6. The largest absolute Gasteiger partial charge is 0.486 e. The number of nitrogens with one attached hydrogen (secondary N) is 1. The maximum absolute atomic E-state index is 12.9. The highest BCUT2D eigenvalue weighted by Gasteiger charge is 2.40. The van der Waals surface area contributed by atoms with Crippen molar-refractivity contribution in [2.24, 2.45) is 18.7 Å². The Morgan fingerprint density at radius 2 is 2.04 bits per heavy atom. The standard InChI is InChI=1S/C18H27N5O3S.ClH/c1-14-5-3-4-10-18(14,12-19)22-27(24,25)16-8-6-15(7-9-16)26-11-17-20-13-21-23(17)2;/h6-9,13-14,22H,3-5,10-12,19H2,1-2H3;1H. The summed E-state index contributed by atoms with van der Waals surface area (Å²) < 4.78 is 35.9. The lowest BCUT2D eigenvalue weighted by molar-refractivity contribution is 0.191. The molecule has 3 rings (SSSR count). The normalized spacial score (nSPS) is 22.5. The summed E-state index contributed by atoms with van der Waals surface area (Å²) in [7, 11) is -1.87. The van der Waals surface area contributed by atoms with Crippen LogP contribution in [0.3, 0.4) is 0 Å². The van der Waals surface area contributed by atoms with Crippen LogP contribution >= 0.6 is 12.4 Å². The molecule has 1 saturated carbocycles. The van der Waals surface area contributed by atoms with Crippen LogP contribution in [0, 0.1) is 5.92 Å². The molecule has 1 aliphatic rings. The highest BCUT2D eigenvalue weighted by Crippen LogP contribution is 2.34. The van der Waals surface area contributed by atoms with Crippen LogP contribution in [0.2, 0.25) is 0 Å². The van der Waals surface area contributed by atoms with Crippen molar-refractivity contribution >= 4 is 22.4 Å². The Morgan fingerprint density at radius 1 is 1.32 bits per heavy atom. The molecule has 0 spiro atoms. The van der Waals surface area contributed by atoms with Crippen LogP contribution in [-0.2, 0) is 23.7 Å². The predicted octanol–water partition coefficient (Wildman–Crippen LogP) is 2.00. The van der Waals surface area contributed by atoms with Crippen LogP contribution in [0.5, 0.6) is 5.75 Å². The van der Waals surface area contributed by atoms with Gasteiger partial charge in [0.25, 0.3) is 0 Å². The Morgan fingerprint density at radius 3 is 2.61 bits per heavy atom. The Balaban J connectivity index is 0.00000280. The third-order valence-electron chi connectivity index (χ3n) is 5.46. The van der Waals surface area contributed by atoms with E-state index in [0.29, 0.717) is 18.1 Å². The van der Waals surface area contributed by atoms with Gasteiger partial charge < -0.3 is 10.5 Å². The van der Waals surface area contributed by atoms with Gasteiger partial charge in [-0.05, 0) is 43.0 Å². The maximum atomic E-state index is 12.9. The van der Waals surface area contributed by atoms with Crippen molar-refractivity contribution in [2.75, 3.05) is 6.54 Å². The first-order chi connectivity index (χ1) is 12.9. The number of hydrogen-bond donors (Lipinski definition) is 2. The number of ether oxygens (including phenoxy) is 1. The van der Waals surface area contributed by atoms with Crippen LogP contribution < -0.4 is 15.2 Å². The smallest absolute Gasteiger partial charge is 0.241 e. The van der Waals surface area contributed by atoms with E-state index >= 15 is 0 Å². The molecule has 0 radical (unpaired) electrons. The minimum Gasteiger partial charge on any atom is -0.486 e. The third-order valence-corrected chi connectivity index (χ3v) is 7.03. The van der Waals surface area contributed by atoms with E-state index in [2.05, 4.69) is 21.7 Å². The van der Waals surface area contributed by atoms with Crippen molar-refractivity contribution in [2.45, 2.75) is 49.6 Å². The van der Waals surface area contributed by atoms with E-state index in [9.17, 15) is 8.42 Å². The van der Waals surface area contributed by atoms with Gasteiger partial charge >= 0.3 is 0 Å². The van der Waals surface area contributed by atoms with Crippen LogP contribution in [0.4, 0.5) is 0 Å². The van der Waals surface area contributed by atoms with Gasteiger partial charge in [-0.15, -0.1) is 12.4 Å². The van der Waals surface area contributed by atoms with E-state index in [1.807, 2.05) is 0 Å². The lowest BCUT2D eigenvalue weighted by atomic mass is 9.74. The van der Waals surface area contributed by atoms with Gasteiger partial charge in [-0.25, -0.2) is 18.1 Å². The number of nitrogens with zero attached hydrogens (tertiary/aromatic N) is 3. The molecule has 1 aliphatic carbocycles. The summed E-state index contributed by atoms with van der Waals surface area (Å²) in [4.78, 5) is 4.29. The van der Waals surface area contributed by atoms with Gasteiger partial charge in [-0.2, -0.15) is 5.10 Å². The van der Waals surface area contributed by atoms with Crippen LogP contribution in [0.25, 0.3) is 0 Å². The van der Waals surface area contributed by atoms with Crippen LogP contribution in [-0.4, -0.2) is 35.3 Å². The van der Waals surface area contributed by atoms with Crippen molar-refractivity contribution < 1.29 is 13.2 Å². The molecule has 3 N–H and O–H groups in total. The van der Waals surface area contributed by atoms with Crippen LogP contribution in [0.1, 0.15) is 38.4 Å². The second kappa shape index (κ2) is 9.21. The molecule has 156 valence electrons. The zero-order valence-electron chi connectivity index (χ0n) is 16.2. The van der Waals surface area contributed by atoms with E-state index in [4.69, 9.17) is 10.5 Å². The van der Waals surface area contributed by atoms with E-state index < -0.39 is 15.6 Å². The second-order valence-electron chi connectivity index (χ2n) is 7.17. The monoisotopic (exact) mass is 429 g/mol. The van der Waals surface area contributed by atoms with Gasteiger partial charge in [0.15, 0.2) is 5.82 Å². The molecule has 1 aromatic heterocycles. The maximum Gasteiger partial charge on any atom is 0.241 e. The highest BCUT2D eigenvalue weighted by atomic mass is 35.5. The van der Waals surface area contributed by atoms with E-state index in [1.54, 1.807) is 36.0 Å². The summed E-state index contributed by atoms with van der Waals surface area (Å²) in [6.45, 7) is 2.62. The molecule has 28 heavy (non-hydrogen) atoms. The Labute approximate surface area is 172 Å². The number of nitrogens with two attached hydrogens (primary N) is 1. The average molecular weight is 430 g/mol. The van der Waals surface area contributed by atoms with Crippen molar-refractivity contribution in [1.29, 1.82) is 0 Å². The first kappa shape index (κ1) is 22.6. The molecule has 2 unspecified atom stereocenters. The van der Waals surface area contributed by atoms with Gasteiger partial charge in [0.05, 0.1) is 4.90 Å². The molecule has 10 heteroatoms. The summed E-state index contributed by atoms with van der Waals surface area (Å²) in [5.74, 6) is 1.46. The predicted molar refractivity (Wildman–Crippen MR) is 109 cm³/mol. The molecule has 8 nitrogen and oxygen atoms in total. The molecule has 0 saturated heterocycles. The lowest BCUT2D eigenvalue weighted by Gasteiger charge is -2.42. The molecule has 1 heterocycles. The minimum atomic E-state index is -3.66. The number of rotatable bonds is 7. The fourth-order valence-electron chi connectivity index (χ4n) is 3.55. The zero-order valence-corrected chi connectivity index (χ0v) is 17.8. The lowest BCUT2D eigenvalue weighted by Crippen LogP contribution is -2.58. The SMILES string of the molecule is CC1CCCCC1(CN)NS(=O)(=O)c1ccc(OCc2ncnn2C)cc1.Cl. The summed E-state index contributed by atoms with van der Waals surface area (Å²) >= 11 is 0. The number of halogens is 1. The molecular weight excluding hydrogens is 402 g/mol. The average Bonchev–Trinajstić information content (AvgIpc) is 3.07. The molecule has 1 aromatic carbocycles. The Hall–Kier alpha value is -1.68. The topological polar surface area (TPSA) is 112 Å². The molecule has 1 fully saturated rings. The van der Waals surface area contributed by atoms with Crippen molar-refractivity contribution in [3.05, 3.63) is 36.4 Å². The number of aromatic nitrogens is 3. The molecule has 0 amide bonds. The Kier molecular flexibility index (Phi) is 7.44. The fourth-order valence-corrected chi connectivity index (χ4v) is 5.08. The van der Waals surface area contributed by atoms with Crippen molar-refractivity contribution in [1.82, 2.24) is 19.5 Å². The molecule has 0 aliphatic heterocycles. The fraction of sp³-hybridized carbons (Fsp3) is 0.556. The Bertz CT molecular complexity index is 872. The zero-order chi connectivity index (χ0) is 19.5. The summed E-state index contributed by atoms with van der Waals surface area (Å²) in [5, 5.41) is 3.98. The van der Waals surface area contributed by atoms with Gasteiger partial charge in [0.2, 0.25) is 10.0 Å². The first-order valence-electron chi connectivity index (χ1n) is 9.16.